The number of alkyl halides is 3. The van der Waals surface area contributed by atoms with E-state index >= 15 is 0 Å². The summed E-state index contributed by atoms with van der Waals surface area (Å²) in [4.78, 5) is 14.6. The summed E-state index contributed by atoms with van der Waals surface area (Å²) in [6.45, 7) is 0.516. The Balaban J connectivity index is 2.74. The van der Waals surface area contributed by atoms with Crippen molar-refractivity contribution in [1.82, 2.24) is 9.55 Å². The molecular weight excluding hydrogens is 197 g/mol. The van der Waals surface area contributed by atoms with E-state index in [1.807, 2.05) is 0 Å². The Hall–Kier alpha value is -1.33. The van der Waals surface area contributed by atoms with E-state index < -0.39 is 12.7 Å². The lowest BCUT2D eigenvalue weighted by molar-refractivity contribution is -0.140. The van der Waals surface area contributed by atoms with Crippen LogP contribution in [0.15, 0.2) is 12.5 Å². The molecule has 0 aromatic carbocycles. The summed E-state index contributed by atoms with van der Waals surface area (Å²) in [6, 6.07) is 0. The third kappa shape index (κ3) is 2.86. The van der Waals surface area contributed by atoms with Crippen LogP contribution in [0, 0.1) is 0 Å². The second-order valence-electron chi connectivity index (χ2n) is 2.82. The van der Waals surface area contributed by atoms with Crippen LogP contribution in [-0.4, -0.2) is 21.5 Å². The fourth-order valence-corrected chi connectivity index (χ4v) is 0.979. The summed E-state index contributed by atoms with van der Waals surface area (Å²) in [5, 5.41) is 0. The molecule has 0 amide bonds. The van der Waals surface area contributed by atoms with Gasteiger partial charge in [0.1, 0.15) is 12.2 Å². The zero-order valence-electron chi connectivity index (χ0n) is 7.51. The fourth-order valence-electron chi connectivity index (χ4n) is 0.979. The van der Waals surface area contributed by atoms with Crippen LogP contribution in [0.5, 0.6) is 0 Å². The first-order valence-electron chi connectivity index (χ1n) is 4.04. The highest BCUT2D eigenvalue weighted by Crippen LogP contribution is 2.17. The average molecular weight is 206 g/mol. The quantitative estimate of drug-likeness (QED) is 0.709. The molecule has 0 saturated heterocycles. The van der Waals surface area contributed by atoms with Gasteiger partial charge in [0.15, 0.2) is 5.78 Å². The molecule has 0 saturated carbocycles. The van der Waals surface area contributed by atoms with Gasteiger partial charge in [0.2, 0.25) is 0 Å². The summed E-state index contributed by atoms with van der Waals surface area (Å²) in [7, 11) is 0. The molecule has 0 aliphatic rings. The number of carbonyl (C=O) groups excluding carboxylic acids is 1. The van der Waals surface area contributed by atoms with Crippen LogP contribution in [0.4, 0.5) is 13.2 Å². The maximum Gasteiger partial charge on any atom is 0.406 e. The second kappa shape index (κ2) is 3.81. The molecule has 1 aromatic rings. The summed E-state index contributed by atoms with van der Waals surface area (Å²) in [5.41, 5.74) is 0.0803. The Morgan fingerprint density at radius 2 is 2.21 bits per heavy atom. The van der Waals surface area contributed by atoms with Gasteiger partial charge in [-0.3, -0.25) is 4.79 Å². The number of rotatable bonds is 3. The van der Waals surface area contributed by atoms with Gasteiger partial charge in [-0.2, -0.15) is 13.2 Å². The van der Waals surface area contributed by atoms with Gasteiger partial charge in [-0.05, 0) is 0 Å². The lowest BCUT2D eigenvalue weighted by atomic mass is 10.2. The van der Waals surface area contributed by atoms with Crippen molar-refractivity contribution < 1.29 is 18.0 Å². The molecule has 0 aliphatic carbocycles. The van der Waals surface area contributed by atoms with Crippen molar-refractivity contribution >= 4 is 5.78 Å². The predicted octanol–water partition coefficient (Wildman–Crippen LogP) is 2.04. The van der Waals surface area contributed by atoms with Crippen LogP contribution in [0.2, 0.25) is 0 Å². The van der Waals surface area contributed by atoms with Crippen LogP contribution >= 0.6 is 0 Å². The average Bonchev–Trinajstić information content (AvgIpc) is 2.48. The number of aromatic nitrogens is 2. The van der Waals surface area contributed by atoms with Gasteiger partial charge < -0.3 is 4.57 Å². The number of halogens is 3. The highest BCUT2D eigenvalue weighted by Gasteiger charge is 2.28. The molecule has 0 unspecified atom stereocenters. The highest BCUT2D eigenvalue weighted by atomic mass is 19.4. The minimum absolute atomic E-state index is 0.0803. The van der Waals surface area contributed by atoms with E-state index in [1.165, 1.54) is 0 Å². The first-order chi connectivity index (χ1) is 6.42. The van der Waals surface area contributed by atoms with Crippen molar-refractivity contribution in [1.29, 1.82) is 0 Å². The van der Waals surface area contributed by atoms with E-state index in [1.54, 1.807) is 6.92 Å². The molecule has 0 fully saturated rings. The maximum atomic E-state index is 11.9. The summed E-state index contributed by atoms with van der Waals surface area (Å²) in [6.07, 6.45) is -1.92. The van der Waals surface area contributed by atoms with Crippen LogP contribution in [0.3, 0.4) is 0 Å². The number of hydrogen-bond acceptors (Lipinski definition) is 2. The summed E-state index contributed by atoms with van der Waals surface area (Å²) < 4.78 is 36.6. The summed E-state index contributed by atoms with van der Waals surface area (Å²) >= 11 is 0. The molecule has 3 nitrogen and oxygen atoms in total. The normalized spacial score (nSPS) is 11.7. The smallest absolute Gasteiger partial charge is 0.328 e. The molecule has 14 heavy (non-hydrogen) atoms. The molecule has 1 heterocycles. The van der Waals surface area contributed by atoms with Gasteiger partial charge in [-0.1, -0.05) is 6.92 Å². The van der Waals surface area contributed by atoms with Gasteiger partial charge >= 0.3 is 6.18 Å². The molecular formula is C8H9F3N2O. The summed E-state index contributed by atoms with van der Waals surface area (Å²) in [5.74, 6) is -0.258. The molecule has 0 aliphatic heterocycles. The van der Waals surface area contributed by atoms with Crippen LogP contribution < -0.4 is 0 Å². The van der Waals surface area contributed by atoms with Crippen molar-refractivity contribution in [2.24, 2.45) is 0 Å². The second-order valence-corrected chi connectivity index (χ2v) is 2.82. The lowest BCUT2D eigenvalue weighted by Gasteiger charge is -2.05. The number of carbonyl (C=O) groups is 1. The number of hydrogen-bond donors (Lipinski definition) is 0. The predicted molar refractivity (Wildman–Crippen MR) is 42.9 cm³/mol. The van der Waals surface area contributed by atoms with E-state index in [9.17, 15) is 18.0 Å². The first-order valence-corrected chi connectivity index (χ1v) is 4.04. The van der Waals surface area contributed by atoms with Crippen LogP contribution in [0.25, 0.3) is 0 Å². The van der Waals surface area contributed by atoms with Crippen molar-refractivity contribution in [2.75, 3.05) is 0 Å². The van der Waals surface area contributed by atoms with Gasteiger partial charge in [-0.25, -0.2) is 4.98 Å². The number of Topliss-reactive ketones (excluding diaryl/α,β-unsaturated/α-hetero) is 1. The maximum absolute atomic E-state index is 11.9. The lowest BCUT2D eigenvalue weighted by Crippen LogP contribution is -2.16. The molecule has 1 aromatic heterocycles. The van der Waals surface area contributed by atoms with Crippen LogP contribution in [0.1, 0.15) is 23.8 Å². The van der Waals surface area contributed by atoms with E-state index in [2.05, 4.69) is 4.98 Å². The van der Waals surface area contributed by atoms with Crippen molar-refractivity contribution in [3.8, 4) is 0 Å². The minimum Gasteiger partial charge on any atom is -0.328 e. The Bertz CT molecular complexity index is 330. The number of ketones is 1. The largest absolute Gasteiger partial charge is 0.406 e. The molecule has 1 rings (SSSR count). The molecule has 0 atom stereocenters. The highest BCUT2D eigenvalue weighted by molar-refractivity contribution is 5.93. The third-order valence-electron chi connectivity index (χ3n) is 1.60. The van der Waals surface area contributed by atoms with Crippen molar-refractivity contribution in [2.45, 2.75) is 26.1 Å². The molecule has 0 radical (unpaired) electrons. The Kier molecular flexibility index (Phi) is 2.93. The topological polar surface area (TPSA) is 34.9 Å². The van der Waals surface area contributed by atoms with E-state index in [0.717, 1.165) is 17.1 Å². The van der Waals surface area contributed by atoms with E-state index in [4.69, 9.17) is 0 Å². The standard InChI is InChI=1S/C8H9F3N2O/c1-2-7(14)6-3-13(5-12-6)4-8(9,10)11/h3,5H,2,4H2,1H3. The van der Waals surface area contributed by atoms with Crippen molar-refractivity contribution in [3.63, 3.8) is 0 Å². The Morgan fingerprint density at radius 3 is 2.71 bits per heavy atom. The number of nitrogens with zero attached hydrogens (tertiary/aromatic N) is 2. The van der Waals surface area contributed by atoms with Gasteiger partial charge in [0.25, 0.3) is 0 Å². The van der Waals surface area contributed by atoms with Gasteiger partial charge in [0.05, 0.1) is 6.33 Å². The molecule has 78 valence electrons. The third-order valence-corrected chi connectivity index (χ3v) is 1.60. The molecule has 0 N–H and O–H groups in total. The van der Waals surface area contributed by atoms with Crippen molar-refractivity contribution in [3.05, 3.63) is 18.2 Å². The van der Waals surface area contributed by atoms with Crippen LogP contribution in [-0.2, 0) is 6.54 Å². The minimum atomic E-state index is -4.28. The number of imidazole rings is 1. The van der Waals surface area contributed by atoms with Gasteiger partial charge in [-0.15, -0.1) is 0 Å². The first kappa shape index (κ1) is 10.7. The zero-order valence-corrected chi connectivity index (χ0v) is 7.51. The zero-order chi connectivity index (χ0) is 10.8. The van der Waals surface area contributed by atoms with E-state index in [-0.39, 0.29) is 17.9 Å². The Morgan fingerprint density at radius 1 is 1.57 bits per heavy atom. The van der Waals surface area contributed by atoms with E-state index in [0.29, 0.717) is 0 Å². The molecule has 0 bridgehead atoms. The molecule has 0 spiro atoms. The molecule has 6 heteroatoms. The monoisotopic (exact) mass is 206 g/mol. The van der Waals surface area contributed by atoms with Gasteiger partial charge in [0, 0.05) is 12.6 Å². The Labute approximate surface area is 78.6 Å². The SMILES string of the molecule is CCC(=O)c1cn(CC(F)(F)F)cn1. The fraction of sp³-hybridized carbons (Fsp3) is 0.500.